The van der Waals surface area contributed by atoms with Crippen molar-refractivity contribution in [2.75, 3.05) is 5.32 Å². The highest BCUT2D eigenvalue weighted by atomic mass is 32.1. The van der Waals surface area contributed by atoms with E-state index in [4.69, 9.17) is 12.2 Å². The molecule has 0 unspecified atom stereocenters. The van der Waals surface area contributed by atoms with Crippen LogP contribution in [0.2, 0.25) is 0 Å². The van der Waals surface area contributed by atoms with Gasteiger partial charge in [-0.05, 0) is 11.5 Å². The molecule has 0 spiro atoms. The lowest BCUT2D eigenvalue weighted by molar-refractivity contribution is -0.383. The number of rotatable bonds is 3. The van der Waals surface area contributed by atoms with E-state index < -0.39 is 4.92 Å². The zero-order chi connectivity index (χ0) is 11.5. The van der Waals surface area contributed by atoms with E-state index >= 15 is 0 Å². The van der Waals surface area contributed by atoms with Gasteiger partial charge in [-0.15, -0.1) is 0 Å². The molecule has 0 atom stereocenters. The van der Waals surface area contributed by atoms with Gasteiger partial charge in [-0.3, -0.25) is 10.1 Å². The second-order valence-corrected chi connectivity index (χ2v) is 3.44. The summed E-state index contributed by atoms with van der Waals surface area (Å²) >= 11 is 4.70. The normalized spacial score (nSPS) is 10.0. The van der Waals surface area contributed by atoms with E-state index in [1.165, 1.54) is 11.6 Å². The van der Waals surface area contributed by atoms with E-state index in [1.807, 2.05) is 18.2 Å². The van der Waals surface area contributed by atoms with Crippen molar-refractivity contribution < 1.29 is 4.92 Å². The summed E-state index contributed by atoms with van der Waals surface area (Å²) in [6, 6.07) is 10.4. The molecule has 0 fully saturated rings. The van der Waals surface area contributed by atoms with Crippen molar-refractivity contribution in [3.05, 3.63) is 46.5 Å². The number of hydrogen-bond donors (Lipinski definition) is 1. The Balaban J connectivity index is 2.81. The molecule has 0 bridgehead atoms. The topological polar surface area (TPSA) is 55.2 Å². The Bertz CT molecular complexity index is 564. The number of fused-ring (bicyclic) bond motifs is 1. The highest BCUT2D eigenvalue weighted by molar-refractivity contribution is 7.79. The minimum atomic E-state index is -0.392. The molecule has 4 nitrogen and oxygen atoms in total. The van der Waals surface area contributed by atoms with E-state index in [0.717, 1.165) is 5.39 Å². The molecular formula is C11H8N2O2S. The zero-order valence-electron chi connectivity index (χ0n) is 8.21. The van der Waals surface area contributed by atoms with Gasteiger partial charge in [-0.1, -0.05) is 36.5 Å². The van der Waals surface area contributed by atoms with Crippen LogP contribution in [-0.4, -0.2) is 10.4 Å². The summed E-state index contributed by atoms with van der Waals surface area (Å²) in [5.74, 6) is 0. The molecule has 0 radical (unpaired) electrons. The number of benzene rings is 2. The van der Waals surface area contributed by atoms with Crippen molar-refractivity contribution in [2.45, 2.75) is 0 Å². The van der Waals surface area contributed by atoms with Crippen molar-refractivity contribution in [1.29, 1.82) is 0 Å². The number of anilines is 1. The van der Waals surface area contributed by atoms with Gasteiger partial charge in [0.2, 0.25) is 0 Å². The average molecular weight is 232 g/mol. The summed E-state index contributed by atoms with van der Waals surface area (Å²) in [6.07, 6.45) is 0. The minimum Gasteiger partial charge on any atom is -0.352 e. The molecule has 5 heteroatoms. The van der Waals surface area contributed by atoms with Gasteiger partial charge in [0, 0.05) is 6.07 Å². The van der Waals surface area contributed by atoms with Crippen molar-refractivity contribution in [3.63, 3.8) is 0 Å². The first-order valence-corrected chi connectivity index (χ1v) is 5.07. The first-order chi connectivity index (χ1) is 7.74. The number of non-ortho nitro benzene ring substituents is 1. The van der Waals surface area contributed by atoms with Gasteiger partial charge >= 0.3 is 0 Å². The predicted octanol–water partition coefficient (Wildman–Crippen LogP) is 3.12. The first kappa shape index (κ1) is 10.5. The van der Waals surface area contributed by atoms with Crippen LogP contribution in [0, 0.1) is 10.1 Å². The number of nitro benzene ring substituents is 1. The van der Waals surface area contributed by atoms with Crippen LogP contribution in [-0.2, 0) is 0 Å². The summed E-state index contributed by atoms with van der Waals surface area (Å²) in [5, 5.41) is 15.1. The van der Waals surface area contributed by atoms with E-state index in [0.29, 0.717) is 11.1 Å². The van der Waals surface area contributed by atoms with Gasteiger partial charge in [0.25, 0.3) is 5.69 Å². The fourth-order valence-corrected chi connectivity index (χ4v) is 1.78. The summed E-state index contributed by atoms with van der Waals surface area (Å²) in [6.45, 7) is 0. The van der Waals surface area contributed by atoms with Crippen LogP contribution in [0.15, 0.2) is 36.4 Å². The highest BCUT2D eigenvalue weighted by Gasteiger charge is 2.13. The molecule has 2 aromatic carbocycles. The Labute approximate surface area is 97.0 Å². The van der Waals surface area contributed by atoms with E-state index in [9.17, 15) is 10.1 Å². The minimum absolute atomic E-state index is 0.0810. The van der Waals surface area contributed by atoms with Gasteiger partial charge in [-0.25, -0.2) is 0 Å². The Kier molecular flexibility index (Phi) is 2.78. The Morgan fingerprint density at radius 1 is 1.25 bits per heavy atom. The van der Waals surface area contributed by atoms with Gasteiger partial charge < -0.3 is 5.32 Å². The quantitative estimate of drug-likeness (QED) is 0.502. The average Bonchev–Trinajstić information content (AvgIpc) is 2.29. The molecular weight excluding hydrogens is 224 g/mol. The molecule has 0 saturated heterocycles. The molecule has 0 aliphatic rings. The first-order valence-electron chi connectivity index (χ1n) is 4.60. The standard InChI is InChI=1S/C11H8N2O2S/c14-13(15)10-6-2-4-8-3-1-5-9(11(8)10)12-7-16/h1-7H,(H,12,16). The second kappa shape index (κ2) is 4.24. The smallest absolute Gasteiger partial charge is 0.279 e. The number of nitrogens with one attached hydrogen (secondary N) is 1. The maximum absolute atomic E-state index is 10.9. The molecule has 0 heterocycles. The molecule has 0 amide bonds. The summed E-state index contributed by atoms with van der Waals surface area (Å²) in [4.78, 5) is 10.5. The molecule has 0 aliphatic heterocycles. The van der Waals surface area contributed by atoms with Crippen molar-refractivity contribution in [3.8, 4) is 0 Å². The Morgan fingerprint density at radius 2 is 1.94 bits per heavy atom. The molecule has 1 N–H and O–H groups in total. The lowest BCUT2D eigenvalue weighted by Crippen LogP contribution is -1.96. The number of hydrogen-bond acceptors (Lipinski definition) is 3. The van der Waals surface area contributed by atoms with Crippen LogP contribution >= 0.6 is 12.2 Å². The number of nitrogens with zero attached hydrogens (tertiary/aromatic N) is 1. The van der Waals surface area contributed by atoms with Crippen LogP contribution in [0.25, 0.3) is 10.8 Å². The Hall–Kier alpha value is -2.01. The molecule has 2 aromatic rings. The van der Waals surface area contributed by atoms with Gasteiger partial charge in [-0.2, -0.15) is 0 Å². The fourth-order valence-electron chi connectivity index (χ4n) is 1.66. The summed E-state index contributed by atoms with van der Waals surface area (Å²) in [7, 11) is 0. The monoisotopic (exact) mass is 232 g/mol. The van der Waals surface area contributed by atoms with Crippen molar-refractivity contribution in [2.24, 2.45) is 0 Å². The highest BCUT2D eigenvalue weighted by Crippen LogP contribution is 2.31. The van der Waals surface area contributed by atoms with E-state index in [-0.39, 0.29) is 5.69 Å². The van der Waals surface area contributed by atoms with Crippen LogP contribution < -0.4 is 5.32 Å². The van der Waals surface area contributed by atoms with Gasteiger partial charge in [0.05, 0.1) is 21.5 Å². The Morgan fingerprint density at radius 3 is 2.56 bits per heavy atom. The van der Waals surface area contributed by atoms with Crippen LogP contribution in [0.4, 0.5) is 11.4 Å². The third-order valence-corrected chi connectivity index (χ3v) is 2.41. The van der Waals surface area contributed by atoms with Crippen molar-refractivity contribution >= 4 is 39.9 Å². The number of nitro groups is 1. The van der Waals surface area contributed by atoms with E-state index in [2.05, 4.69) is 5.32 Å². The molecule has 0 aliphatic carbocycles. The lowest BCUT2D eigenvalue weighted by atomic mass is 10.1. The molecule has 16 heavy (non-hydrogen) atoms. The van der Waals surface area contributed by atoms with Gasteiger partial charge in [0.1, 0.15) is 0 Å². The molecule has 80 valence electrons. The lowest BCUT2D eigenvalue weighted by Gasteiger charge is -2.05. The van der Waals surface area contributed by atoms with E-state index in [1.54, 1.807) is 12.1 Å². The zero-order valence-corrected chi connectivity index (χ0v) is 9.03. The third-order valence-electron chi connectivity index (χ3n) is 2.29. The van der Waals surface area contributed by atoms with Crippen LogP contribution in [0.3, 0.4) is 0 Å². The number of thiocarbonyl (C=S) groups is 1. The SMILES string of the molecule is O=[N+]([O-])c1cccc2cccc(NC=S)c12. The van der Waals surface area contributed by atoms with Crippen molar-refractivity contribution in [1.82, 2.24) is 0 Å². The molecule has 0 aromatic heterocycles. The second-order valence-electron chi connectivity index (χ2n) is 3.20. The fraction of sp³-hybridized carbons (Fsp3) is 0. The molecule has 0 saturated carbocycles. The maximum atomic E-state index is 10.9. The van der Waals surface area contributed by atoms with Crippen LogP contribution in [0.1, 0.15) is 0 Å². The van der Waals surface area contributed by atoms with Gasteiger partial charge in [0.15, 0.2) is 0 Å². The maximum Gasteiger partial charge on any atom is 0.279 e. The summed E-state index contributed by atoms with van der Waals surface area (Å²) in [5.41, 5.74) is 2.07. The third kappa shape index (κ3) is 1.72. The predicted molar refractivity (Wildman–Crippen MR) is 67.9 cm³/mol. The largest absolute Gasteiger partial charge is 0.352 e. The summed E-state index contributed by atoms with van der Waals surface area (Å²) < 4.78 is 0. The molecule has 2 rings (SSSR count). The van der Waals surface area contributed by atoms with Crippen LogP contribution in [0.5, 0.6) is 0 Å².